The minimum atomic E-state index is -0.310. The maximum atomic E-state index is 11.8. The van der Waals surface area contributed by atoms with Crippen LogP contribution >= 0.6 is 0 Å². The Bertz CT molecular complexity index is 547. The molecule has 5 heteroatoms. The Labute approximate surface area is 104 Å². The number of aromatic nitrogens is 1. The van der Waals surface area contributed by atoms with Crippen molar-refractivity contribution in [3.05, 3.63) is 53.9 Å². The molecule has 0 atom stereocenters. The molecule has 0 spiro atoms. The van der Waals surface area contributed by atoms with Crippen molar-refractivity contribution in [2.45, 2.75) is 0 Å². The molecule has 0 bridgehead atoms. The monoisotopic (exact) mass is 243 g/mol. The molecule has 1 heterocycles. The summed E-state index contributed by atoms with van der Waals surface area (Å²) < 4.78 is 5.10. The van der Waals surface area contributed by atoms with E-state index in [4.69, 9.17) is 4.74 Å². The van der Waals surface area contributed by atoms with Crippen molar-refractivity contribution in [3.8, 4) is 5.75 Å². The highest BCUT2D eigenvalue weighted by Gasteiger charge is 2.09. The van der Waals surface area contributed by atoms with Crippen LogP contribution in [0, 0.1) is 0 Å². The van der Waals surface area contributed by atoms with Crippen LogP contribution in [-0.4, -0.2) is 24.2 Å². The van der Waals surface area contributed by atoms with E-state index in [9.17, 15) is 4.79 Å². The zero-order valence-electron chi connectivity index (χ0n) is 9.88. The number of hydrogen-bond donors (Lipinski definition) is 2. The third-order valence-corrected chi connectivity index (χ3v) is 2.34. The van der Waals surface area contributed by atoms with Crippen molar-refractivity contribution < 1.29 is 9.53 Å². The van der Waals surface area contributed by atoms with Gasteiger partial charge in [-0.2, -0.15) is 5.10 Å². The Kier molecular flexibility index (Phi) is 3.76. The first kappa shape index (κ1) is 11.9. The molecule has 1 aromatic heterocycles. The summed E-state index contributed by atoms with van der Waals surface area (Å²) in [6.07, 6.45) is 3.32. The average molecular weight is 243 g/mol. The number of aromatic amines is 1. The molecule has 0 aliphatic carbocycles. The van der Waals surface area contributed by atoms with Crippen molar-refractivity contribution in [2.24, 2.45) is 5.10 Å². The first-order valence-electron chi connectivity index (χ1n) is 5.41. The maximum Gasteiger partial charge on any atom is 0.275 e. The van der Waals surface area contributed by atoms with Gasteiger partial charge in [0.05, 0.1) is 24.6 Å². The van der Waals surface area contributed by atoms with Crippen LogP contribution in [0.2, 0.25) is 0 Å². The Morgan fingerprint density at radius 3 is 2.89 bits per heavy atom. The molecule has 1 aromatic carbocycles. The third kappa shape index (κ3) is 2.76. The Balaban J connectivity index is 2.04. The van der Waals surface area contributed by atoms with Crippen LogP contribution < -0.4 is 10.2 Å². The van der Waals surface area contributed by atoms with Crippen molar-refractivity contribution in [3.63, 3.8) is 0 Å². The zero-order valence-corrected chi connectivity index (χ0v) is 9.88. The van der Waals surface area contributed by atoms with Gasteiger partial charge in [0.25, 0.3) is 5.91 Å². The molecular weight excluding hydrogens is 230 g/mol. The first-order valence-corrected chi connectivity index (χ1v) is 5.41. The van der Waals surface area contributed by atoms with Gasteiger partial charge in [0, 0.05) is 6.20 Å². The van der Waals surface area contributed by atoms with Gasteiger partial charge in [0.2, 0.25) is 0 Å². The summed E-state index contributed by atoms with van der Waals surface area (Å²) in [5.41, 5.74) is 3.71. The molecular formula is C13H13N3O2. The number of para-hydroxylation sites is 1. The van der Waals surface area contributed by atoms with Crippen molar-refractivity contribution in [2.75, 3.05) is 7.11 Å². The summed E-state index contributed by atoms with van der Waals surface area (Å²) in [4.78, 5) is 14.8. The normalized spacial score (nSPS) is 10.5. The highest BCUT2D eigenvalue weighted by atomic mass is 16.5. The molecule has 0 aliphatic rings. The minimum Gasteiger partial charge on any atom is -0.496 e. The smallest absolute Gasteiger partial charge is 0.275 e. The van der Waals surface area contributed by atoms with Crippen molar-refractivity contribution >= 4 is 12.1 Å². The molecule has 2 N–H and O–H groups in total. The van der Waals surface area contributed by atoms with Gasteiger partial charge in [-0.3, -0.25) is 4.79 Å². The number of carbonyl (C=O) groups excluding carboxylic acids is 1. The number of hydrogen-bond acceptors (Lipinski definition) is 3. The van der Waals surface area contributed by atoms with Gasteiger partial charge in [-0.1, -0.05) is 12.1 Å². The number of methoxy groups -OCH3 is 1. The van der Waals surface area contributed by atoms with Gasteiger partial charge in [-0.25, -0.2) is 5.43 Å². The van der Waals surface area contributed by atoms with Gasteiger partial charge in [-0.05, 0) is 24.3 Å². The van der Waals surface area contributed by atoms with Crippen LogP contribution in [0.4, 0.5) is 0 Å². The van der Waals surface area contributed by atoms with E-state index in [-0.39, 0.29) is 5.91 Å². The standard InChI is InChI=1S/C13H13N3O2/c1-18-12-7-3-2-6-11(12)13(17)16-15-9-10-5-4-8-14-10/h2-9,14H,1H3,(H,16,17). The largest absolute Gasteiger partial charge is 0.496 e. The number of amides is 1. The van der Waals surface area contributed by atoms with E-state index < -0.39 is 0 Å². The van der Waals surface area contributed by atoms with E-state index in [1.165, 1.54) is 13.3 Å². The van der Waals surface area contributed by atoms with E-state index in [1.807, 2.05) is 12.1 Å². The lowest BCUT2D eigenvalue weighted by Crippen LogP contribution is -2.18. The van der Waals surface area contributed by atoms with Crippen LogP contribution in [-0.2, 0) is 0 Å². The highest BCUT2D eigenvalue weighted by molar-refractivity contribution is 5.97. The first-order chi connectivity index (χ1) is 8.81. The predicted octanol–water partition coefficient (Wildman–Crippen LogP) is 1.79. The molecule has 2 rings (SSSR count). The lowest BCUT2D eigenvalue weighted by molar-refractivity contribution is 0.0952. The fraction of sp³-hybridized carbons (Fsp3) is 0.0769. The number of rotatable bonds is 4. The molecule has 2 aromatic rings. The van der Waals surface area contributed by atoms with E-state index in [2.05, 4.69) is 15.5 Å². The van der Waals surface area contributed by atoms with Crippen LogP contribution in [0.1, 0.15) is 16.1 Å². The zero-order chi connectivity index (χ0) is 12.8. The lowest BCUT2D eigenvalue weighted by atomic mass is 10.2. The van der Waals surface area contributed by atoms with Gasteiger partial charge < -0.3 is 9.72 Å². The second kappa shape index (κ2) is 5.67. The second-order valence-corrected chi connectivity index (χ2v) is 3.52. The van der Waals surface area contributed by atoms with Gasteiger partial charge in [0.15, 0.2) is 0 Å². The molecule has 1 amide bonds. The van der Waals surface area contributed by atoms with Crippen LogP contribution in [0.25, 0.3) is 0 Å². The molecule has 0 saturated heterocycles. The molecule has 92 valence electrons. The molecule has 0 radical (unpaired) electrons. The Hall–Kier alpha value is -2.56. The topological polar surface area (TPSA) is 66.5 Å². The van der Waals surface area contributed by atoms with Crippen LogP contribution in [0.3, 0.4) is 0 Å². The maximum absolute atomic E-state index is 11.8. The quantitative estimate of drug-likeness (QED) is 0.635. The van der Waals surface area contributed by atoms with E-state index in [0.717, 1.165) is 5.69 Å². The number of carbonyl (C=O) groups is 1. The molecule has 18 heavy (non-hydrogen) atoms. The average Bonchev–Trinajstić information content (AvgIpc) is 2.91. The number of nitrogens with one attached hydrogen (secondary N) is 2. The van der Waals surface area contributed by atoms with Gasteiger partial charge >= 0.3 is 0 Å². The summed E-state index contributed by atoms with van der Waals surface area (Å²) in [5.74, 6) is 0.209. The number of ether oxygens (including phenoxy) is 1. The Morgan fingerprint density at radius 1 is 1.33 bits per heavy atom. The molecule has 0 fully saturated rings. The summed E-state index contributed by atoms with van der Waals surface area (Å²) in [6, 6.07) is 10.7. The van der Waals surface area contributed by atoms with Gasteiger partial charge in [0.1, 0.15) is 5.75 Å². The summed E-state index contributed by atoms with van der Waals surface area (Å²) in [5, 5.41) is 3.85. The molecule has 0 saturated carbocycles. The predicted molar refractivity (Wildman–Crippen MR) is 68.8 cm³/mol. The second-order valence-electron chi connectivity index (χ2n) is 3.52. The molecule has 5 nitrogen and oxygen atoms in total. The number of hydrazone groups is 1. The third-order valence-electron chi connectivity index (χ3n) is 2.34. The highest BCUT2D eigenvalue weighted by Crippen LogP contribution is 2.16. The molecule has 0 unspecified atom stereocenters. The van der Waals surface area contributed by atoms with E-state index >= 15 is 0 Å². The van der Waals surface area contributed by atoms with Crippen LogP contribution in [0.5, 0.6) is 5.75 Å². The fourth-order valence-electron chi connectivity index (χ4n) is 1.48. The summed E-state index contributed by atoms with van der Waals surface area (Å²) in [7, 11) is 1.52. The molecule has 0 aliphatic heterocycles. The van der Waals surface area contributed by atoms with Crippen molar-refractivity contribution in [1.82, 2.24) is 10.4 Å². The number of H-pyrrole nitrogens is 1. The Morgan fingerprint density at radius 2 is 2.17 bits per heavy atom. The SMILES string of the molecule is COc1ccccc1C(=O)NN=Cc1ccc[nH]1. The summed E-state index contributed by atoms with van der Waals surface area (Å²) in [6.45, 7) is 0. The van der Waals surface area contributed by atoms with Gasteiger partial charge in [-0.15, -0.1) is 0 Å². The minimum absolute atomic E-state index is 0.310. The van der Waals surface area contributed by atoms with Crippen molar-refractivity contribution in [1.29, 1.82) is 0 Å². The van der Waals surface area contributed by atoms with E-state index in [1.54, 1.807) is 30.5 Å². The van der Waals surface area contributed by atoms with Crippen LogP contribution in [0.15, 0.2) is 47.7 Å². The number of benzene rings is 1. The van der Waals surface area contributed by atoms with E-state index in [0.29, 0.717) is 11.3 Å². The fourth-order valence-corrected chi connectivity index (χ4v) is 1.48. The summed E-state index contributed by atoms with van der Waals surface area (Å²) >= 11 is 0. The number of nitrogens with zero attached hydrogens (tertiary/aromatic N) is 1. The lowest BCUT2D eigenvalue weighted by Gasteiger charge is -2.05.